The SMILES string of the molecule is COC(=O)[C@H](Cc1ccccc1)NC(=S)Nc1nc2ccccc2s1. The van der Waals surface area contributed by atoms with Crippen LogP contribution in [0.15, 0.2) is 54.6 Å². The van der Waals surface area contributed by atoms with E-state index in [4.69, 9.17) is 17.0 Å². The lowest BCUT2D eigenvalue weighted by Gasteiger charge is -2.18. The van der Waals surface area contributed by atoms with Crippen LogP contribution >= 0.6 is 23.6 Å². The Bertz CT molecular complexity index is 847. The molecule has 1 aromatic heterocycles. The molecule has 0 fully saturated rings. The van der Waals surface area contributed by atoms with Crippen LogP contribution in [0.1, 0.15) is 5.56 Å². The van der Waals surface area contributed by atoms with Gasteiger partial charge in [-0.1, -0.05) is 53.8 Å². The summed E-state index contributed by atoms with van der Waals surface area (Å²) in [6.45, 7) is 0. The number of thiocarbonyl (C=S) groups is 1. The van der Waals surface area contributed by atoms with E-state index in [-0.39, 0.29) is 5.97 Å². The van der Waals surface area contributed by atoms with E-state index in [1.165, 1.54) is 18.4 Å². The third-order valence-electron chi connectivity index (χ3n) is 3.59. The van der Waals surface area contributed by atoms with Crippen molar-refractivity contribution in [2.24, 2.45) is 0 Å². The van der Waals surface area contributed by atoms with Gasteiger partial charge in [0.1, 0.15) is 6.04 Å². The molecule has 0 unspecified atom stereocenters. The number of para-hydroxylation sites is 1. The molecule has 0 bridgehead atoms. The molecule has 3 rings (SSSR count). The van der Waals surface area contributed by atoms with Crippen LogP contribution in [-0.2, 0) is 16.0 Å². The Morgan fingerprint density at radius 3 is 2.64 bits per heavy atom. The van der Waals surface area contributed by atoms with Crippen LogP contribution < -0.4 is 10.6 Å². The second kappa shape index (κ2) is 8.04. The van der Waals surface area contributed by atoms with E-state index in [1.807, 2.05) is 54.6 Å². The quantitative estimate of drug-likeness (QED) is 0.530. The Labute approximate surface area is 155 Å². The Morgan fingerprint density at radius 2 is 1.92 bits per heavy atom. The minimum absolute atomic E-state index is 0.338. The van der Waals surface area contributed by atoms with Crippen molar-refractivity contribution in [2.75, 3.05) is 12.4 Å². The molecule has 0 radical (unpaired) electrons. The molecule has 1 heterocycles. The molecule has 2 aromatic carbocycles. The second-order valence-corrected chi connectivity index (χ2v) is 6.79. The van der Waals surface area contributed by atoms with Gasteiger partial charge in [0.2, 0.25) is 0 Å². The summed E-state index contributed by atoms with van der Waals surface area (Å²) >= 11 is 6.84. The first-order chi connectivity index (χ1) is 12.2. The Kier molecular flexibility index (Phi) is 5.57. The van der Waals surface area contributed by atoms with Gasteiger partial charge in [-0.3, -0.25) is 0 Å². The number of benzene rings is 2. The van der Waals surface area contributed by atoms with Gasteiger partial charge in [0, 0.05) is 6.42 Å². The maximum absolute atomic E-state index is 12.1. The number of nitrogens with zero attached hydrogens (tertiary/aromatic N) is 1. The van der Waals surface area contributed by atoms with Crippen molar-refractivity contribution in [3.05, 3.63) is 60.2 Å². The van der Waals surface area contributed by atoms with Crippen molar-refractivity contribution < 1.29 is 9.53 Å². The molecule has 7 heteroatoms. The molecule has 0 saturated heterocycles. The van der Waals surface area contributed by atoms with Crippen LogP contribution in [0.4, 0.5) is 5.13 Å². The largest absolute Gasteiger partial charge is 0.467 e. The summed E-state index contributed by atoms with van der Waals surface area (Å²) in [5, 5.41) is 7.09. The fourth-order valence-corrected chi connectivity index (χ4v) is 3.58. The fraction of sp³-hybridized carbons (Fsp3) is 0.167. The van der Waals surface area contributed by atoms with Crippen molar-refractivity contribution in [3.63, 3.8) is 0 Å². The van der Waals surface area contributed by atoms with Crippen LogP contribution in [0.2, 0.25) is 0 Å². The van der Waals surface area contributed by atoms with Crippen LogP contribution in [0.25, 0.3) is 10.2 Å². The molecule has 0 spiro atoms. The van der Waals surface area contributed by atoms with Gasteiger partial charge in [0.15, 0.2) is 10.2 Å². The number of hydrogen-bond acceptors (Lipinski definition) is 5. The zero-order valence-corrected chi connectivity index (χ0v) is 15.2. The lowest BCUT2D eigenvalue weighted by molar-refractivity contribution is -0.142. The number of anilines is 1. The van der Waals surface area contributed by atoms with Gasteiger partial charge < -0.3 is 15.4 Å². The first-order valence-corrected chi connectivity index (χ1v) is 8.93. The highest BCUT2D eigenvalue weighted by Crippen LogP contribution is 2.25. The molecule has 2 N–H and O–H groups in total. The minimum atomic E-state index is -0.568. The normalized spacial score (nSPS) is 11.7. The number of ether oxygens (including phenoxy) is 1. The molecular formula is C18H17N3O2S2. The smallest absolute Gasteiger partial charge is 0.328 e. The average Bonchev–Trinajstić information content (AvgIpc) is 3.03. The van der Waals surface area contributed by atoms with Gasteiger partial charge in [-0.05, 0) is 29.9 Å². The molecule has 5 nitrogen and oxygen atoms in total. The van der Waals surface area contributed by atoms with Crippen molar-refractivity contribution in [1.82, 2.24) is 10.3 Å². The number of rotatable bonds is 5. The van der Waals surface area contributed by atoms with Gasteiger partial charge in [0.05, 0.1) is 17.3 Å². The second-order valence-electron chi connectivity index (χ2n) is 5.35. The number of fused-ring (bicyclic) bond motifs is 1. The van der Waals surface area contributed by atoms with E-state index >= 15 is 0 Å². The Hall–Kier alpha value is -2.51. The number of esters is 1. The zero-order chi connectivity index (χ0) is 17.6. The summed E-state index contributed by atoms with van der Waals surface area (Å²) in [6.07, 6.45) is 0.481. The zero-order valence-electron chi connectivity index (χ0n) is 13.6. The number of thiazole rings is 1. The van der Waals surface area contributed by atoms with Gasteiger partial charge in [-0.2, -0.15) is 0 Å². The van der Waals surface area contributed by atoms with E-state index in [0.29, 0.717) is 16.7 Å². The number of hydrogen-bond donors (Lipinski definition) is 2. The molecule has 25 heavy (non-hydrogen) atoms. The van der Waals surface area contributed by atoms with Crippen LogP contribution in [0, 0.1) is 0 Å². The van der Waals surface area contributed by atoms with E-state index in [1.54, 1.807) is 0 Å². The maximum atomic E-state index is 12.1. The summed E-state index contributed by atoms with van der Waals surface area (Å²) in [7, 11) is 1.37. The summed E-state index contributed by atoms with van der Waals surface area (Å²) in [5.74, 6) is -0.364. The predicted molar refractivity (Wildman–Crippen MR) is 105 cm³/mol. The molecule has 0 amide bonds. The maximum Gasteiger partial charge on any atom is 0.328 e. The van der Waals surface area contributed by atoms with Crippen LogP contribution in [0.3, 0.4) is 0 Å². The molecule has 0 aliphatic carbocycles. The standard InChI is InChI=1S/C18H17N3O2S2/c1-23-16(22)14(11-12-7-3-2-4-8-12)19-17(24)21-18-20-13-9-5-6-10-15(13)25-18/h2-10,14H,11H2,1H3,(H2,19,20,21,24)/t14-/m0/s1. The summed E-state index contributed by atoms with van der Waals surface area (Å²) in [4.78, 5) is 16.5. The number of carbonyl (C=O) groups excluding carboxylic acids is 1. The third-order valence-corrected chi connectivity index (χ3v) is 4.76. The van der Waals surface area contributed by atoms with Gasteiger partial charge in [-0.25, -0.2) is 9.78 Å². The van der Waals surface area contributed by atoms with Crippen molar-refractivity contribution in [3.8, 4) is 0 Å². The number of carbonyl (C=O) groups is 1. The van der Waals surface area contributed by atoms with Crippen molar-refractivity contribution in [2.45, 2.75) is 12.5 Å². The van der Waals surface area contributed by atoms with Gasteiger partial charge in [0.25, 0.3) is 0 Å². The molecular weight excluding hydrogens is 354 g/mol. The summed E-state index contributed by atoms with van der Waals surface area (Å²) in [5.41, 5.74) is 1.93. The van der Waals surface area contributed by atoms with Gasteiger partial charge >= 0.3 is 5.97 Å². The lowest BCUT2D eigenvalue weighted by Crippen LogP contribution is -2.44. The first-order valence-electron chi connectivity index (χ1n) is 7.70. The molecule has 3 aromatic rings. The highest BCUT2D eigenvalue weighted by Gasteiger charge is 2.21. The number of nitrogens with one attached hydrogen (secondary N) is 2. The summed E-state index contributed by atoms with van der Waals surface area (Å²) in [6, 6.07) is 17.0. The highest BCUT2D eigenvalue weighted by molar-refractivity contribution is 7.80. The van der Waals surface area contributed by atoms with Gasteiger partial charge in [-0.15, -0.1) is 0 Å². The monoisotopic (exact) mass is 371 g/mol. The van der Waals surface area contributed by atoms with Crippen molar-refractivity contribution in [1.29, 1.82) is 0 Å². The Morgan fingerprint density at radius 1 is 1.20 bits per heavy atom. The number of aromatic nitrogens is 1. The van der Waals surface area contributed by atoms with Crippen molar-refractivity contribution >= 4 is 50.0 Å². The van der Waals surface area contributed by atoms with Crippen LogP contribution in [-0.4, -0.2) is 29.2 Å². The van der Waals surface area contributed by atoms with E-state index in [2.05, 4.69) is 15.6 Å². The molecule has 128 valence electrons. The molecule has 1 atom stereocenters. The van der Waals surface area contributed by atoms with E-state index in [9.17, 15) is 4.79 Å². The van der Waals surface area contributed by atoms with E-state index < -0.39 is 6.04 Å². The Balaban J connectivity index is 1.68. The highest BCUT2D eigenvalue weighted by atomic mass is 32.1. The van der Waals surface area contributed by atoms with Crippen LogP contribution in [0.5, 0.6) is 0 Å². The predicted octanol–water partition coefficient (Wildman–Crippen LogP) is 3.37. The molecule has 0 aliphatic heterocycles. The fourth-order valence-electron chi connectivity index (χ4n) is 2.40. The third kappa shape index (κ3) is 4.52. The first kappa shape index (κ1) is 17.3. The average molecular weight is 371 g/mol. The topological polar surface area (TPSA) is 63.2 Å². The lowest BCUT2D eigenvalue weighted by atomic mass is 10.1. The molecule has 0 aliphatic rings. The minimum Gasteiger partial charge on any atom is -0.467 e. The van der Waals surface area contributed by atoms with E-state index in [0.717, 1.165) is 15.8 Å². The summed E-state index contributed by atoms with van der Waals surface area (Å²) < 4.78 is 5.95. The molecule has 0 saturated carbocycles. The number of methoxy groups -OCH3 is 1.